The van der Waals surface area contributed by atoms with Crippen molar-refractivity contribution in [3.8, 4) is 0 Å². The Morgan fingerprint density at radius 1 is 1.47 bits per heavy atom. The van der Waals surface area contributed by atoms with Gasteiger partial charge in [-0.25, -0.2) is 10.8 Å². The first-order valence-electron chi connectivity index (χ1n) is 5.37. The van der Waals surface area contributed by atoms with Crippen LogP contribution in [0.1, 0.15) is 12.5 Å². The molecule has 0 spiro atoms. The first-order valence-corrected chi connectivity index (χ1v) is 5.37. The van der Waals surface area contributed by atoms with Crippen LogP contribution in [0.15, 0.2) is 12.1 Å². The van der Waals surface area contributed by atoms with Crippen molar-refractivity contribution in [3.05, 3.63) is 17.7 Å². The number of hydrogen-bond donors (Lipinski definition) is 3. The first-order chi connectivity index (χ1) is 8.77. The van der Waals surface area contributed by atoms with Crippen molar-refractivity contribution < 1.29 is 18.0 Å². The van der Waals surface area contributed by atoms with Gasteiger partial charge in [-0.15, -0.1) is 0 Å². The maximum Gasteiger partial charge on any atom is 0.416 e. The predicted octanol–water partition coefficient (Wildman–Crippen LogP) is 0.698. The standard InChI is InChI=1S/C10H14F3N5O/c1-2-18(5-7(14)19)9-4-6(10(11,12)13)3-8(16-9)17-15/h3-4H,2,5,15H2,1H3,(H2,14,19)(H,16,17). The fourth-order valence-corrected chi connectivity index (χ4v) is 1.46. The molecule has 0 saturated heterocycles. The van der Waals surface area contributed by atoms with Crippen LogP contribution in [0, 0.1) is 0 Å². The number of primary amides is 1. The molecule has 0 bridgehead atoms. The van der Waals surface area contributed by atoms with Crippen molar-refractivity contribution in [1.29, 1.82) is 0 Å². The molecule has 0 aromatic carbocycles. The second-order valence-corrected chi connectivity index (χ2v) is 3.72. The van der Waals surface area contributed by atoms with E-state index in [9.17, 15) is 18.0 Å². The molecule has 1 aromatic heterocycles. The van der Waals surface area contributed by atoms with Crippen LogP contribution < -0.4 is 21.9 Å². The van der Waals surface area contributed by atoms with Gasteiger partial charge in [-0.3, -0.25) is 4.79 Å². The Morgan fingerprint density at radius 2 is 2.11 bits per heavy atom. The highest BCUT2D eigenvalue weighted by Crippen LogP contribution is 2.32. The Kier molecular flexibility index (Phi) is 4.54. The van der Waals surface area contributed by atoms with Gasteiger partial charge in [0.05, 0.1) is 12.1 Å². The highest BCUT2D eigenvalue weighted by Gasteiger charge is 2.32. The fourth-order valence-electron chi connectivity index (χ4n) is 1.46. The van der Waals surface area contributed by atoms with Crippen molar-refractivity contribution in [1.82, 2.24) is 4.98 Å². The minimum atomic E-state index is -4.53. The number of anilines is 2. The molecule has 0 atom stereocenters. The van der Waals surface area contributed by atoms with Crippen molar-refractivity contribution >= 4 is 17.5 Å². The van der Waals surface area contributed by atoms with E-state index in [2.05, 4.69) is 10.4 Å². The third-order valence-electron chi connectivity index (χ3n) is 2.34. The molecule has 5 N–H and O–H groups in total. The van der Waals surface area contributed by atoms with Gasteiger partial charge < -0.3 is 16.1 Å². The molecule has 19 heavy (non-hydrogen) atoms. The number of amides is 1. The Hall–Kier alpha value is -2.03. The molecule has 9 heteroatoms. The molecular weight excluding hydrogens is 263 g/mol. The Bertz CT molecular complexity index is 463. The molecule has 0 fully saturated rings. The van der Waals surface area contributed by atoms with Crippen LogP contribution in [0.2, 0.25) is 0 Å². The molecule has 0 saturated carbocycles. The lowest BCUT2D eigenvalue weighted by Gasteiger charge is -2.22. The van der Waals surface area contributed by atoms with E-state index in [1.165, 1.54) is 4.90 Å². The zero-order valence-corrected chi connectivity index (χ0v) is 10.2. The highest BCUT2D eigenvalue weighted by atomic mass is 19.4. The minimum absolute atomic E-state index is 0.0240. The zero-order valence-electron chi connectivity index (χ0n) is 10.2. The number of carbonyl (C=O) groups is 1. The van der Waals surface area contributed by atoms with Crippen LogP contribution in [0.4, 0.5) is 24.8 Å². The van der Waals surface area contributed by atoms with Crippen molar-refractivity contribution in [2.75, 3.05) is 23.4 Å². The molecule has 6 nitrogen and oxygen atoms in total. The summed E-state index contributed by atoms with van der Waals surface area (Å²) < 4.78 is 38.1. The lowest BCUT2D eigenvalue weighted by atomic mass is 10.2. The number of nitrogens with one attached hydrogen (secondary N) is 1. The largest absolute Gasteiger partial charge is 0.416 e. The molecule has 0 aliphatic rings. The van der Waals surface area contributed by atoms with Gasteiger partial charge in [0.25, 0.3) is 0 Å². The van der Waals surface area contributed by atoms with E-state index in [-0.39, 0.29) is 24.7 Å². The fraction of sp³-hybridized carbons (Fsp3) is 0.400. The number of alkyl halides is 3. The van der Waals surface area contributed by atoms with Crippen molar-refractivity contribution in [3.63, 3.8) is 0 Å². The molecule has 1 aromatic rings. The Balaban J connectivity index is 3.22. The maximum absolute atomic E-state index is 12.7. The lowest BCUT2D eigenvalue weighted by molar-refractivity contribution is -0.137. The molecule has 1 amide bonds. The van der Waals surface area contributed by atoms with Crippen molar-refractivity contribution in [2.45, 2.75) is 13.1 Å². The quantitative estimate of drug-likeness (QED) is 0.543. The summed E-state index contributed by atoms with van der Waals surface area (Å²) in [5.41, 5.74) is 6.18. The van der Waals surface area contributed by atoms with Gasteiger partial charge in [-0.1, -0.05) is 0 Å². The van der Waals surface area contributed by atoms with Gasteiger partial charge in [-0.05, 0) is 19.1 Å². The number of likely N-dealkylation sites (N-methyl/N-ethyl adjacent to an activating group) is 1. The van der Waals surface area contributed by atoms with Crippen LogP contribution in [0.3, 0.4) is 0 Å². The number of halogens is 3. The van der Waals surface area contributed by atoms with Gasteiger partial charge in [0.1, 0.15) is 11.6 Å². The summed E-state index contributed by atoms with van der Waals surface area (Å²) in [7, 11) is 0. The van der Waals surface area contributed by atoms with E-state index < -0.39 is 17.6 Å². The van der Waals surface area contributed by atoms with Crippen LogP contribution in [-0.2, 0) is 11.0 Å². The number of nitrogens with two attached hydrogens (primary N) is 2. The number of hydrogen-bond acceptors (Lipinski definition) is 5. The summed E-state index contributed by atoms with van der Waals surface area (Å²) in [6.07, 6.45) is -4.53. The zero-order chi connectivity index (χ0) is 14.6. The van der Waals surface area contributed by atoms with E-state index >= 15 is 0 Å². The first kappa shape index (κ1) is 15.0. The third-order valence-corrected chi connectivity index (χ3v) is 2.34. The topological polar surface area (TPSA) is 97.3 Å². The highest BCUT2D eigenvalue weighted by molar-refractivity contribution is 5.79. The number of hydrazine groups is 1. The average Bonchev–Trinajstić information content (AvgIpc) is 2.34. The van der Waals surface area contributed by atoms with Gasteiger partial charge in [0, 0.05) is 6.54 Å². The number of aromatic nitrogens is 1. The van der Waals surface area contributed by atoms with E-state index in [0.717, 1.165) is 12.1 Å². The van der Waals surface area contributed by atoms with Crippen LogP contribution in [0.25, 0.3) is 0 Å². The SMILES string of the molecule is CCN(CC(N)=O)c1cc(C(F)(F)F)cc(NN)n1. The summed E-state index contributed by atoms with van der Waals surface area (Å²) in [4.78, 5) is 16.1. The number of rotatable bonds is 5. The Morgan fingerprint density at radius 3 is 2.53 bits per heavy atom. The molecule has 0 aliphatic carbocycles. The monoisotopic (exact) mass is 277 g/mol. The van der Waals surface area contributed by atoms with Crippen LogP contribution in [0.5, 0.6) is 0 Å². The van der Waals surface area contributed by atoms with E-state index in [1.807, 2.05) is 0 Å². The summed E-state index contributed by atoms with van der Waals surface area (Å²) in [6, 6.07) is 1.62. The summed E-state index contributed by atoms with van der Waals surface area (Å²) in [5.74, 6) is 4.25. The predicted molar refractivity (Wildman–Crippen MR) is 64.1 cm³/mol. The van der Waals surface area contributed by atoms with Gasteiger partial charge in [0.15, 0.2) is 0 Å². The van der Waals surface area contributed by atoms with Crippen LogP contribution in [-0.4, -0.2) is 24.0 Å². The molecule has 1 heterocycles. The molecule has 0 aliphatic heterocycles. The number of nitrogen functional groups attached to an aromatic ring is 1. The second kappa shape index (κ2) is 5.74. The second-order valence-electron chi connectivity index (χ2n) is 3.72. The average molecular weight is 277 g/mol. The molecule has 0 radical (unpaired) electrons. The molecule has 106 valence electrons. The lowest BCUT2D eigenvalue weighted by Crippen LogP contribution is -2.34. The Labute approximate surface area is 107 Å². The van der Waals surface area contributed by atoms with Gasteiger partial charge >= 0.3 is 6.18 Å². The summed E-state index contributed by atoms with van der Waals surface area (Å²) in [5, 5.41) is 0. The number of pyridine rings is 1. The third kappa shape index (κ3) is 3.98. The van der Waals surface area contributed by atoms with Crippen molar-refractivity contribution in [2.24, 2.45) is 11.6 Å². The normalized spacial score (nSPS) is 11.2. The maximum atomic E-state index is 12.7. The van der Waals surface area contributed by atoms with E-state index in [1.54, 1.807) is 6.92 Å². The van der Waals surface area contributed by atoms with Gasteiger partial charge in [-0.2, -0.15) is 13.2 Å². The molecule has 0 unspecified atom stereocenters. The van der Waals surface area contributed by atoms with E-state index in [0.29, 0.717) is 0 Å². The minimum Gasteiger partial charge on any atom is -0.368 e. The summed E-state index contributed by atoms with van der Waals surface area (Å²) >= 11 is 0. The van der Waals surface area contributed by atoms with Gasteiger partial charge in [0.2, 0.25) is 5.91 Å². The van der Waals surface area contributed by atoms with E-state index in [4.69, 9.17) is 11.6 Å². The number of carbonyl (C=O) groups excluding carboxylic acids is 1. The summed E-state index contributed by atoms with van der Waals surface area (Å²) in [6.45, 7) is 1.72. The molecular formula is C10H14F3N5O. The smallest absolute Gasteiger partial charge is 0.368 e. The molecule has 1 rings (SSSR count). The number of nitrogens with zero attached hydrogens (tertiary/aromatic N) is 2. The van der Waals surface area contributed by atoms with Crippen LogP contribution >= 0.6 is 0 Å².